The van der Waals surface area contributed by atoms with Gasteiger partial charge in [0.1, 0.15) is 5.69 Å². The summed E-state index contributed by atoms with van der Waals surface area (Å²) in [7, 11) is 0. The average Bonchev–Trinajstić information content (AvgIpc) is 2.47. The Hall–Kier alpha value is -1.38. The SMILES string of the molecule is CC(C)C(=O)NC1CCCN(c2ccc(I)cc2[N+](=O)[O-])C1. The van der Waals surface area contributed by atoms with Crippen LogP contribution in [0.5, 0.6) is 0 Å². The number of nitro groups is 1. The summed E-state index contributed by atoms with van der Waals surface area (Å²) in [5.74, 6) is -0.0213. The first-order valence-corrected chi connectivity index (χ1v) is 8.45. The molecule has 0 saturated carbocycles. The van der Waals surface area contributed by atoms with Gasteiger partial charge in [0, 0.05) is 34.7 Å². The van der Waals surface area contributed by atoms with Crippen LogP contribution in [0.3, 0.4) is 0 Å². The van der Waals surface area contributed by atoms with Gasteiger partial charge in [-0.1, -0.05) is 13.8 Å². The van der Waals surface area contributed by atoms with Gasteiger partial charge in [0.15, 0.2) is 0 Å². The second-order valence-corrected chi connectivity index (χ2v) is 7.08. The summed E-state index contributed by atoms with van der Waals surface area (Å²) in [5.41, 5.74) is 0.761. The number of nitrogens with one attached hydrogen (secondary N) is 1. The van der Waals surface area contributed by atoms with E-state index in [-0.39, 0.29) is 28.5 Å². The first kappa shape index (κ1) is 17.0. The van der Waals surface area contributed by atoms with Crippen molar-refractivity contribution in [3.05, 3.63) is 31.9 Å². The lowest BCUT2D eigenvalue weighted by Crippen LogP contribution is -2.48. The molecular weight excluding hydrogens is 397 g/mol. The molecule has 1 amide bonds. The van der Waals surface area contributed by atoms with Crippen molar-refractivity contribution in [2.45, 2.75) is 32.7 Å². The van der Waals surface area contributed by atoms with Crippen LogP contribution in [0.1, 0.15) is 26.7 Å². The molecule has 1 fully saturated rings. The molecule has 7 heteroatoms. The van der Waals surface area contributed by atoms with Crippen LogP contribution in [0.15, 0.2) is 18.2 Å². The highest BCUT2D eigenvalue weighted by molar-refractivity contribution is 14.1. The van der Waals surface area contributed by atoms with E-state index in [0.717, 1.165) is 23.0 Å². The van der Waals surface area contributed by atoms with E-state index in [1.165, 1.54) is 0 Å². The van der Waals surface area contributed by atoms with Gasteiger partial charge in [-0.2, -0.15) is 0 Å². The molecule has 0 aliphatic carbocycles. The number of piperidine rings is 1. The number of halogens is 1. The Morgan fingerprint density at radius 3 is 2.86 bits per heavy atom. The third-order valence-corrected chi connectivity index (χ3v) is 4.44. The lowest BCUT2D eigenvalue weighted by Gasteiger charge is -2.34. The van der Waals surface area contributed by atoms with E-state index >= 15 is 0 Å². The number of hydrogen-bond donors (Lipinski definition) is 1. The fraction of sp³-hybridized carbons (Fsp3) is 0.533. The summed E-state index contributed by atoms with van der Waals surface area (Å²) >= 11 is 2.07. The van der Waals surface area contributed by atoms with Gasteiger partial charge in [-0.05, 0) is 47.6 Å². The third-order valence-electron chi connectivity index (χ3n) is 3.77. The molecule has 1 atom stereocenters. The molecule has 1 unspecified atom stereocenters. The van der Waals surface area contributed by atoms with Crippen LogP contribution in [0.4, 0.5) is 11.4 Å². The second kappa shape index (κ2) is 7.26. The van der Waals surface area contributed by atoms with E-state index in [0.29, 0.717) is 12.2 Å². The first-order chi connectivity index (χ1) is 10.4. The van der Waals surface area contributed by atoms with Gasteiger partial charge >= 0.3 is 0 Å². The minimum Gasteiger partial charge on any atom is -0.364 e. The summed E-state index contributed by atoms with van der Waals surface area (Å²) in [6.07, 6.45) is 1.82. The number of anilines is 1. The Bertz CT molecular complexity index is 577. The summed E-state index contributed by atoms with van der Waals surface area (Å²) in [6.45, 7) is 5.11. The molecule has 0 spiro atoms. The molecule has 1 aliphatic rings. The fourth-order valence-electron chi connectivity index (χ4n) is 2.59. The predicted octanol–water partition coefficient (Wildman–Crippen LogP) is 2.94. The summed E-state index contributed by atoms with van der Waals surface area (Å²) in [4.78, 5) is 24.8. The maximum absolute atomic E-state index is 11.8. The van der Waals surface area contributed by atoms with Gasteiger partial charge in [0.05, 0.1) is 4.92 Å². The lowest BCUT2D eigenvalue weighted by molar-refractivity contribution is -0.384. The fourth-order valence-corrected chi connectivity index (χ4v) is 3.07. The summed E-state index contributed by atoms with van der Waals surface area (Å²) in [6, 6.07) is 5.31. The molecule has 1 saturated heterocycles. The van der Waals surface area contributed by atoms with E-state index in [2.05, 4.69) is 27.9 Å². The van der Waals surface area contributed by atoms with Crippen LogP contribution in [-0.4, -0.2) is 30.0 Å². The number of carbonyl (C=O) groups excluding carboxylic acids is 1. The average molecular weight is 417 g/mol. The van der Waals surface area contributed by atoms with Crippen LogP contribution in [0.2, 0.25) is 0 Å². The van der Waals surface area contributed by atoms with Gasteiger partial charge in [-0.25, -0.2) is 0 Å². The number of nitro benzene ring substituents is 1. The molecule has 1 aromatic carbocycles. The molecule has 0 bridgehead atoms. The Balaban J connectivity index is 2.16. The number of amides is 1. The zero-order valence-electron chi connectivity index (χ0n) is 12.7. The number of carbonyl (C=O) groups is 1. The normalized spacial score (nSPS) is 18.4. The van der Waals surface area contributed by atoms with Crippen molar-refractivity contribution in [2.75, 3.05) is 18.0 Å². The van der Waals surface area contributed by atoms with Gasteiger partial charge < -0.3 is 10.2 Å². The minimum absolute atomic E-state index is 0.0314. The molecule has 6 nitrogen and oxygen atoms in total. The van der Waals surface area contributed by atoms with Gasteiger partial charge in [-0.3, -0.25) is 14.9 Å². The minimum atomic E-state index is -0.339. The standard InChI is InChI=1S/C15H20IN3O3/c1-10(2)15(20)17-12-4-3-7-18(9-12)13-6-5-11(16)8-14(13)19(21)22/h5-6,8,10,12H,3-4,7,9H2,1-2H3,(H,17,20). The molecule has 0 radical (unpaired) electrons. The molecule has 1 aromatic rings. The number of benzene rings is 1. The Kier molecular flexibility index (Phi) is 5.60. The van der Waals surface area contributed by atoms with Crippen LogP contribution < -0.4 is 10.2 Å². The predicted molar refractivity (Wildman–Crippen MR) is 94.0 cm³/mol. The highest BCUT2D eigenvalue weighted by atomic mass is 127. The Morgan fingerprint density at radius 1 is 1.50 bits per heavy atom. The van der Waals surface area contributed by atoms with E-state index in [1.54, 1.807) is 12.1 Å². The zero-order valence-corrected chi connectivity index (χ0v) is 14.9. The quantitative estimate of drug-likeness (QED) is 0.465. The summed E-state index contributed by atoms with van der Waals surface area (Å²) in [5, 5.41) is 14.3. The highest BCUT2D eigenvalue weighted by Crippen LogP contribution is 2.31. The van der Waals surface area contributed by atoms with E-state index in [9.17, 15) is 14.9 Å². The molecule has 1 N–H and O–H groups in total. The maximum atomic E-state index is 11.8. The van der Waals surface area contributed by atoms with Gasteiger partial charge in [0.2, 0.25) is 5.91 Å². The van der Waals surface area contributed by atoms with Gasteiger partial charge in [0.25, 0.3) is 5.69 Å². The monoisotopic (exact) mass is 417 g/mol. The van der Waals surface area contributed by atoms with Crippen molar-refractivity contribution in [2.24, 2.45) is 5.92 Å². The largest absolute Gasteiger partial charge is 0.364 e. The zero-order chi connectivity index (χ0) is 16.3. The van der Waals surface area contributed by atoms with E-state index < -0.39 is 0 Å². The highest BCUT2D eigenvalue weighted by Gasteiger charge is 2.26. The van der Waals surface area contributed by atoms with Crippen LogP contribution in [-0.2, 0) is 4.79 Å². The van der Waals surface area contributed by atoms with Crippen molar-refractivity contribution in [3.63, 3.8) is 0 Å². The van der Waals surface area contributed by atoms with Crippen LogP contribution >= 0.6 is 22.6 Å². The first-order valence-electron chi connectivity index (χ1n) is 7.37. The molecule has 2 rings (SSSR count). The molecule has 120 valence electrons. The molecule has 1 heterocycles. The number of nitrogens with zero attached hydrogens (tertiary/aromatic N) is 2. The Labute approximate surface area is 143 Å². The van der Waals surface area contributed by atoms with Crippen molar-refractivity contribution < 1.29 is 9.72 Å². The second-order valence-electron chi connectivity index (χ2n) is 5.84. The molecule has 1 aliphatic heterocycles. The summed E-state index contributed by atoms with van der Waals surface area (Å²) < 4.78 is 0.842. The van der Waals surface area contributed by atoms with E-state index in [1.807, 2.05) is 24.8 Å². The number of hydrogen-bond acceptors (Lipinski definition) is 4. The van der Waals surface area contributed by atoms with Crippen molar-refractivity contribution in [3.8, 4) is 0 Å². The maximum Gasteiger partial charge on any atom is 0.293 e. The van der Waals surface area contributed by atoms with Crippen molar-refractivity contribution >= 4 is 39.9 Å². The van der Waals surface area contributed by atoms with E-state index in [4.69, 9.17) is 0 Å². The Morgan fingerprint density at radius 2 is 2.23 bits per heavy atom. The van der Waals surface area contributed by atoms with Gasteiger partial charge in [-0.15, -0.1) is 0 Å². The third kappa shape index (κ3) is 4.08. The topological polar surface area (TPSA) is 75.5 Å². The van der Waals surface area contributed by atoms with Crippen LogP contribution in [0.25, 0.3) is 0 Å². The lowest BCUT2D eigenvalue weighted by atomic mass is 10.0. The number of rotatable bonds is 4. The molecule has 0 aromatic heterocycles. The smallest absolute Gasteiger partial charge is 0.293 e. The van der Waals surface area contributed by atoms with Crippen molar-refractivity contribution in [1.29, 1.82) is 0 Å². The van der Waals surface area contributed by atoms with Crippen LogP contribution in [0, 0.1) is 19.6 Å². The molecule has 22 heavy (non-hydrogen) atoms. The molecular formula is C15H20IN3O3. The van der Waals surface area contributed by atoms with Crippen molar-refractivity contribution in [1.82, 2.24) is 5.32 Å².